The van der Waals surface area contributed by atoms with Crippen molar-refractivity contribution in [2.75, 3.05) is 7.11 Å². The summed E-state index contributed by atoms with van der Waals surface area (Å²) in [5.74, 6) is 0.130. The van der Waals surface area contributed by atoms with E-state index in [1.165, 1.54) is 6.08 Å². The van der Waals surface area contributed by atoms with E-state index >= 15 is 0 Å². The molecule has 30 heavy (non-hydrogen) atoms. The molecule has 0 fully saturated rings. The van der Waals surface area contributed by atoms with Crippen molar-refractivity contribution in [3.63, 3.8) is 0 Å². The number of carbonyl (C=O) groups is 2. The Bertz CT molecular complexity index is 934. The average Bonchev–Trinajstić information content (AvgIpc) is 3.09. The summed E-state index contributed by atoms with van der Waals surface area (Å²) in [5, 5.41) is 0. The second-order valence-electron chi connectivity index (χ2n) is 7.02. The van der Waals surface area contributed by atoms with Crippen LogP contribution in [-0.4, -0.2) is 30.5 Å². The van der Waals surface area contributed by atoms with Gasteiger partial charge in [-0.25, -0.2) is 14.6 Å². The Morgan fingerprint density at radius 1 is 1.13 bits per heavy atom. The number of benzene rings is 2. The Morgan fingerprint density at radius 2 is 1.87 bits per heavy atom. The summed E-state index contributed by atoms with van der Waals surface area (Å²) in [7, 11) is 1.59. The van der Waals surface area contributed by atoms with E-state index in [0.29, 0.717) is 17.7 Å². The van der Waals surface area contributed by atoms with Crippen LogP contribution in [-0.2, 0) is 25.7 Å². The van der Waals surface area contributed by atoms with Gasteiger partial charge in [-0.15, -0.1) is 0 Å². The van der Waals surface area contributed by atoms with Crippen LogP contribution in [0, 0.1) is 0 Å². The summed E-state index contributed by atoms with van der Waals surface area (Å²) < 4.78 is 15.9. The maximum Gasteiger partial charge on any atom is 0.341 e. The molecule has 1 aliphatic heterocycles. The zero-order valence-corrected chi connectivity index (χ0v) is 17.2. The summed E-state index contributed by atoms with van der Waals surface area (Å²) in [6, 6.07) is 16.6. The first-order valence-electron chi connectivity index (χ1n) is 9.90. The Hall–Kier alpha value is -3.41. The van der Waals surface area contributed by atoms with E-state index in [9.17, 15) is 9.59 Å². The number of methoxy groups -OCH3 is 1. The van der Waals surface area contributed by atoms with Crippen molar-refractivity contribution >= 4 is 17.8 Å². The van der Waals surface area contributed by atoms with Crippen molar-refractivity contribution in [1.82, 2.24) is 0 Å². The lowest BCUT2D eigenvalue weighted by Crippen LogP contribution is -2.33. The van der Waals surface area contributed by atoms with Gasteiger partial charge in [0.05, 0.1) is 7.11 Å². The van der Waals surface area contributed by atoms with Crippen LogP contribution >= 0.6 is 0 Å². The van der Waals surface area contributed by atoms with Gasteiger partial charge in [-0.2, -0.15) is 0 Å². The number of rotatable bonds is 9. The molecule has 6 nitrogen and oxygen atoms in total. The summed E-state index contributed by atoms with van der Waals surface area (Å²) in [6.45, 7) is 2.18. The monoisotopic (exact) mass is 407 g/mol. The topological polar surface area (TPSA) is 74.2 Å². The molecule has 0 N–H and O–H groups in total. The first kappa shape index (κ1) is 21.3. The fourth-order valence-corrected chi connectivity index (χ4v) is 3.23. The molecular weight excluding hydrogens is 382 g/mol. The number of esters is 2. The predicted octanol–water partition coefficient (Wildman–Crippen LogP) is 4.23. The summed E-state index contributed by atoms with van der Waals surface area (Å²) in [5.41, 5.74) is 0.587. The van der Waals surface area contributed by atoms with Crippen molar-refractivity contribution < 1.29 is 23.8 Å². The molecule has 0 amide bonds. The fourth-order valence-electron chi connectivity index (χ4n) is 3.23. The molecule has 1 heterocycles. The van der Waals surface area contributed by atoms with Crippen LogP contribution in [0.4, 0.5) is 0 Å². The lowest BCUT2D eigenvalue weighted by atomic mass is 9.91. The number of nitrogens with zero attached hydrogens (tertiary/aromatic N) is 1. The third kappa shape index (κ3) is 5.14. The zero-order valence-electron chi connectivity index (χ0n) is 17.2. The molecule has 0 unspecified atom stereocenters. The number of hydrogen-bond donors (Lipinski definition) is 0. The molecular formula is C24H25NO5. The molecule has 0 aromatic heterocycles. The van der Waals surface area contributed by atoms with Gasteiger partial charge in [-0.3, -0.25) is 0 Å². The van der Waals surface area contributed by atoms with Crippen molar-refractivity contribution in [1.29, 1.82) is 0 Å². The third-order valence-corrected chi connectivity index (χ3v) is 4.82. The second kappa shape index (κ2) is 9.87. The molecule has 2 aromatic rings. The van der Waals surface area contributed by atoms with Crippen LogP contribution in [0.25, 0.3) is 0 Å². The fraction of sp³-hybridized carbons (Fsp3) is 0.292. The van der Waals surface area contributed by atoms with E-state index < -0.39 is 17.5 Å². The van der Waals surface area contributed by atoms with Crippen LogP contribution < -0.4 is 4.74 Å². The quantitative estimate of drug-likeness (QED) is 0.459. The Balaban J connectivity index is 1.67. The van der Waals surface area contributed by atoms with Gasteiger partial charge in [-0.05, 0) is 36.2 Å². The molecule has 3 rings (SSSR count). The van der Waals surface area contributed by atoms with Crippen LogP contribution in [0.1, 0.15) is 37.3 Å². The highest BCUT2D eigenvalue weighted by atomic mass is 16.6. The van der Waals surface area contributed by atoms with E-state index in [1.54, 1.807) is 37.5 Å². The molecule has 0 aliphatic carbocycles. The molecule has 0 radical (unpaired) electrons. The van der Waals surface area contributed by atoms with Crippen LogP contribution in [0.3, 0.4) is 0 Å². The number of carbonyl (C=O) groups excluding carboxylic acids is 2. The van der Waals surface area contributed by atoms with Gasteiger partial charge in [0.25, 0.3) is 0 Å². The van der Waals surface area contributed by atoms with Gasteiger partial charge in [0.1, 0.15) is 12.4 Å². The molecule has 0 bridgehead atoms. The van der Waals surface area contributed by atoms with E-state index in [-0.39, 0.29) is 18.9 Å². The standard InChI is InChI=1S/C24H25NO5/c1-3-15-24(16-7-10-21(26)29-17-18-8-5-4-6-9-18)23(27)30-22(25-24)19-11-13-20(28-2)14-12-19/h4-14H,3,15-17H2,1-2H3/b10-7+/t24-/m1/s1. The van der Waals surface area contributed by atoms with E-state index in [1.807, 2.05) is 37.3 Å². The normalized spacial score (nSPS) is 18.2. The first-order chi connectivity index (χ1) is 14.6. The maximum atomic E-state index is 12.7. The van der Waals surface area contributed by atoms with Crippen molar-refractivity contribution in [2.24, 2.45) is 4.99 Å². The van der Waals surface area contributed by atoms with E-state index in [4.69, 9.17) is 14.2 Å². The number of ether oxygens (including phenoxy) is 3. The minimum absolute atomic E-state index is 0.200. The van der Waals surface area contributed by atoms with Gasteiger partial charge in [-0.1, -0.05) is 49.8 Å². The Labute approximate surface area is 176 Å². The molecule has 0 saturated heterocycles. The smallest absolute Gasteiger partial charge is 0.341 e. The van der Waals surface area contributed by atoms with Gasteiger partial charge in [0.15, 0.2) is 5.54 Å². The summed E-state index contributed by atoms with van der Waals surface area (Å²) in [6.07, 6.45) is 4.51. The lowest BCUT2D eigenvalue weighted by molar-refractivity contribution is -0.140. The minimum Gasteiger partial charge on any atom is -0.497 e. The number of hydrogen-bond acceptors (Lipinski definition) is 6. The van der Waals surface area contributed by atoms with Crippen molar-refractivity contribution in [3.05, 3.63) is 77.9 Å². The summed E-state index contributed by atoms with van der Waals surface area (Å²) >= 11 is 0. The maximum absolute atomic E-state index is 12.7. The summed E-state index contributed by atoms with van der Waals surface area (Å²) in [4.78, 5) is 29.3. The van der Waals surface area contributed by atoms with Crippen LogP contribution in [0.2, 0.25) is 0 Å². The molecule has 1 atom stereocenters. The molecule has 156 valence electrons. The van der Waals surface area contributed by atoms with Gasteiger partial charge < -0.3 is 14.2 Å². The van der Waals surface area contributed by atoms with E-state index in [0.717, 1.165) is 12.0 Å². The van der Waals surface area contributed by atoms with Gasteiger partial charge in [0.2, 0.25) is 5.90 Å². The third-order valence-electron chi connectivity index (χ3n) is 4.82. The molecule has 0 saturated carbocycles. The van der Waals surface area contributed by atoms with Crippen LogP contribution in [0.15, 0.2) is 71.7 Å². The zero-order chi connectivity index (χ0) is 21.4. The molecule has 2 aromatic carbocycles. The van der Waals surface area contributed by atoms with Crippen molar-refractivity contribution in [2.45, 2.75) is 38.3 Å². The highest BCUT2D eigenvalue weighted by Crippen LogP contribution is 2.32. The van der Waals surface area contributed by atoms with E-state index in [2.05, 4.69) is 4.99 Å². The molecule has 6 heteroatoms. The lowest BCUT2D eigenvalue weighted by Gasteiger charge is -2.19. The van der Waals surface area contributed by atoms with Crippen LogP contribution in [0.5, 0.6) is 5.75 Å². The SMILES string of the molecule is CCC[C@]1(C/C=C/C(=O)OCc2ccccc2)N=C(c2ccc(OC)cc2)OC1=O. The molecule has 1 aliphatic rings. The first-order valence-corrected chi connectivity index (χ1v) is 9.90. The minimum atomic E-state index is -1.03. The highest BCUT2D eigenvalue weighted by molar-refractivity contribution is 6.08. The predicted molar refractivity (Wildman–Crippen MR) is 113 cm³/mol. The Morgan fingerprint density at radius 3 is 2.53 bits per heavy atom. The van der Waals surface area contributed by atoms with Gasteiger partial charge >= 0.3 is 11.9 Å². The Kier molecular flexibility index (Phi) is 7.01. The highest BCUT2D eigenvalue weighted by Gasteiger charge is 2.44. The number of aliphatic imine (C=N–C) groups is 1. The second-order valence-corrected chi connectivity index (χ2v) is 7.02. The van der Waals surface area contributed by atoms with Gasteiger partial charge in [0, 0.05) is 18.1 Å². The van der Waals surface area contributed by atoms with Crippen molar-refractivity contribution in [3.8, 4) is 5.75 Å². The largest absolute Gasteiger partial charge is 0.497 e. The molecule has 0 spiro atoms. The number of cyclic esters (lactones) is 1. The average molecular weight is 407 g/mol.